The van der Waals surface area contributed by atoms with Gasteiger partial charge in [-0.1, -0.05) is 48.5 Å². The zero-order chi connectivity index (χ0) is 19.8. The molecule has 0 aliphatic rings. The number of imidazole rings is 1. The summed E-state index contributed by atoms with van der Waals surface area (Å²) in [5.41, 5.74) is 5.64. The normalized spacial score (nSPS) is 11.1. The summed E-state index contributed by atoms with van der Waals surface area (Å²) < 4.78 is 2.02. The number of thiophene rings is 1. The number of benzene rings is 2. The van der Waals surface area contributed by atoms with E-state index in [1.54, 1.807) is 17.5 Å². The van der Waals surface area contributed by atoms with Crippen LogP contribution < -0.4 is 5.32 Å². The summed E-state index contributed by atoms with van der Waals surface area (Å²) >= 11 is 1.74. The SMILES string of the molecule is Cc1cccc(C)c1Nc1c(-c2ccc(-c3ccccc3)s2)nc2ncccn12. The fourth-order valence-electron chi connectivity index (χ4n) is 3.53. The van der Waals surface area contributed by atoms with Crippen molar-refractivity contribution in [3.63, 3.8) is 0 Å². The highest BCUT2D eigenvalue weighted by Crippen LogP contribution is 2.39. The van der Waals surface area contributed by atoms with Gasteiger partial charge in [0.25, 0.3) is 0 Å². The number of rotatable bonds is 4. The summed E-state index contributed by atoms with van der Waals surface area (Å²) in [6.07, 6.45) is 3.78. The molecular weight excluding hydrogens is 376 g/mol. The quantitative estimate of drug-likeness (QED) is 0.378. The molecule has 5 rings (SSSR count). The van der Waals surface area contributed by atoms with Gasteiger partial charge in [-0.15, -0.1) is 11.3 Å². The second-order valence-corrected chi connectivity index (χ2v) is 8.10. The molecule has 0 saturated heterocycles. The summed E-state index contributed by atoms with van der Waals surface area (Å²) in [5.74, 6) is 1.62. The highest BCUT2D eigenvalue weighted by atomic mass is 32.1. The lowest BCUT2D eigenvalue weighted by molar-refractivity contribution is 1.11. The minimum Gasteiger partial charge on any atom is -0.339 e. The lowest BCUT2D eigenvalue weighted by Crippen LogP contribution is -2.00. The summed E-state index contributed by atoms with van der Waals surface area (Å²) in [7, 11) is 0. The van der Waals surface area contributed by atoms with E-state index in [1.165, 1.54) is 21.6 Å². The van der Waals surface area contributed by atoms with E-state index in [0.29, 0.717) is 5.78 Å². The van der Waals surface area contributed by atoms with Gasteiger partial charge in [0.1, 0.15) is 11.5 Å². The molecule has 2 aromatic carbocycles. The van der Waals surface area contributed by atoms with Gasteiger partial charge < -0.3 is 5.32 Å². The molecule has 5 aromatic rings. The molecule has 0 radical (unpaired) electrons. The third kappa shape index (κ3) is 3.19. The Morgan fingerprint density at radius 3 is 2.38 bits per heavy atom. The maximum atomic E-state index is 4.85. The smallest absolute Gasteiger partial charge is 0.236 e. The van der Waals surface area contributed by atoms with Crippen molar-refractivity contribution in [2.45, 2.75) is 13.8 Å². The van der Waals surface area contributed by atoms with Crippen LogP contribution in [0.4, 0.5) is 11.5 Å². The Balaban J connectivity index is 1.65. The minimum absolute atomic E-state index is 0.686. The monoisotopic (exact) mass is 396 g/mol. The Morgan fingerprint density at radius 2 is 1.59 bits per heavy atom. The zero-order valence-corrected chi connectivity index (χ0v) is 17.1. The third-order valence-electron chi connectivity index (χ3n) is 5.03. The van der Waals surface area contributed by atoms with Gasteiger partial charge in [-0.25, -0.2) is 9.97 Å². The van der Waals surface area contributed by atoms with E-state index in [0.717, 1.165) is 22.1 Å². The summed E-state index contributed by atoms with van der Waals surface area (Å²) in [6.45, 7) is 4.24. The van der Waals surface area contributed by atoms with Gasteiger partial charge in [0.05, 0.1) is 4.88 Å². The van der Waals surface area contributed by atoms with Crippen LogP contribution in [0.25, 0.3) is 26.8 Å². The second kappa shape index (κ2) is 7.18. The number of aromatic nitrogens is 3. The van der Waals surface area contributed by atoms with Crippen molar-refractivity contribution in [3.05, 3.63) is 90.3 Å². The molecule has 0 atom stereocenters. The standard InChI is InChI=1S/C24H20N4S/c1-16-8-6-9-17(2)21(16)26-23-22(27-24-25-14-7-15-28(23)24)20-13-12-19(29-20)18-10-4-3-5-11-18/h3-15,26H,1-2H3. The minimum atomic E-state index is 0.686. The first-order valence-corrected chi connectivity index (χ1v) is 10.3. The van der Waals surface area contributed by atoms with Gasteiger partial charge in [0, 0.05) is 23.0 Å². The fraction of sp³-hybridized carbons (Fsp3) is 0.0833. The van der Waals surface area contributed by atoms with E-state index in [2.05, 4.69) is 78.7 Å². The first kappa shape index (κ1) is 17.6. The Bertz CT molecular complexity index is 1280. The van der Waals surface area contributed by atoms with Crippen LogP contribution in [0.2, 0.25) is 0 Å². The number of aryl methyl sites for hydroxylation is 2. The van der Waals surface area contributed by atoms with Gasteiger partial charge in [-0.3, -0.25) is 4.40 Å². The molecule has 0 amide bonds. The summed E-state index contributed by atoms with van der Waals surface area (Å²) in [5, 5.41) is 3.65. The fourth-order valence-corrected chi connectivity index (χ4v) is 4.53. The van der Waals surface area contributed by atoms with Crippen molar-refractivity contribution in [1.29, 1.82) is 0 Å². The molecule has 0 aliphatic heterocycles. The molecule has 0 aliphatic carbocycles. The Morgan fingerprint density at radius 1 is 0.828 bits per heavy atom. The summed E-state index contributed by atoms with van der Waals surface area (Å²) in [4.78, 5) is 11.6. The van der Waals surface area contributed by atoms with Gasteiger partial charge in [-0.2, -0.15) is 0 Å². The topological polar surface area (TPSA) is 42.2 Å². The molecule has 0 unspecified atom stereocenters. The number of para-hydroxylation sites is 1. The van der Waals surface area contributed by atoms with Crippen LogP contribution in [0.5, 0.6) is 0 Å². The van der Waals surface area contributed by atoms with Gasteiger partial charge in [0.15, 0.2) is 0 Å². The van der Waals surface area contributed by atoms with Crippen LogP contribution >= 0.6 is 11.3 Å². The Kier molecular flexibility index (Phi) is 4.37. The molecule has 0 fully saturated rings. The predicted molar refractivity (Wildman–Crippen MR) is 121 cm³/mol. The molecule has 0 spiro atoms. The molecule has 3 aromatic heterocycles. The van der Waals surface area contributed by atoms with E-state index in [1.807, 2.05) is 22.7 Å². The van der Waals surface area contributed by atoms with E-state index in [9.17, 15) is 0 Å². The predicted octanol–water partition coefficient (Wildman–Crippen LogP) is 6.49. The Labute approximate surface area is 173 Å². The highest BCUT2D eigenvalue weighted by molar-refractivity contribution is 7.18. The highest BCUT2D eigenvalue weighted by Gasteiger charge is 2.18. The number of hydrogen-bond donors (Lipinski definition) is 1. The number of hydrogen-bond acceptors (Lipinski definition) is 4. The Hall–Kier alpha value is -3.44. The molecule has 4 nitrogen and oxygen atoms in total. The van der Waals surface area contributed by atoms with Crippen LogP contribution in [0.1, 0.15) is 11.1 Å². The molecule has 5 heteroatoms. The first-order valence-electron chi connectivity index (χ1n) is 9.52. The van der Waals surface area contributed by atoms with Crippen molar-refractivity contribution in [2.24, 2.45) is 0 Å². The molecule has 3 heterocycles. The maximum Gasteiger partial charge on any atom is 0.236 e. The van der Waals surface area contributed by atoms with Gasteiger partial charge in [-0.05, 0) is 48.7 Å². The van der Waals surface area contributed by atoms with Crippen molar-refractivity contribution >= 4 is 28.6 Å². The van der Waals surface area contributed by atoms with Gasteiger partial charge in [0.2, 0.25) is 5.78 Å². The number of fused-ring (bicyclic) bond motifs is 1. The van der Waals surface area contributed by atoms with Crippen LogP contribution in [-0.4, -0.2) is 14.4 Å². The lowest BCUT2D eigenvalue weighted by Gasteiger charge is -2.13. The third-order valence-corrected chi connectivity index (χ3v) is 6.17. The van der Waals surface area contributed by atoms with Crippen LogP contribution in [0, 0.1) is 13.8 Å². The maximum absolute atomic E-state index is 4.85. The number of anilines is 2. The molecule has 1 N–H and O–H groups in total. The van der Waals surface area contributed by atoms with Crippen molar-refractivity contribution < 1.29 is 0 Å². The molecular formula is C24H20N4S. The van der Waals surface area contributed by atoms with E-state index < -0.39 is 0 Å². The number of nitrogens with one attached hydrogen (secondary N) is 1. The summed E-state index contributed by atoms with van der Waals surface area (Å²) in [6, 6.07) is 23.0. The zero-order valence-electron chi connectivity index (χ0n) is 16.3. The van der Waals surface area contributed by atoms with Crippen molar-refractivity contribution in [3.8, 4) is 21.0 Å². The van der Waals surface area contributed by atoms with Crippen LogP contribution in [-0.2, 0) is 0 Å². The molecule has 29 heavy (non-hydrogen) atoms. The van der Waals surface area contributed by atoms with Crippen LogP contribution in [0.15, 0.2) is 79.1 Å². The van der Waals surface area contributed by atoms with Gasteiger partial charge >= 0.3 is 0 Å². The largest absolute Gasteiger partial charge is 0.339 e. The molecule has 142 valence electrons. The molecule has 0 bridgehead atoms. The van der Waals surface area contributed by atoms with E-state index in [-0.39, 0.29) is 0 Å². The van der Waals surface area contributed by atoms with Crippen LogP contribution in [0.3, 0.4) is 0 Å². The number of nitrogens with zero attached hydrogens (tertiary/aromatic N) is 3. The average Bonchev–Trinajstić information content (AvgIpc) is 3.37. The first-order chi connectivity index (χ1) is 14.2. The lowest BCUT2D eigenvalue weighted by atomic mass is 10.1. The molecule has 0 saturated carbocycles. The van der Waals surface area contributed by atoms with Crippen molar-refractivity contribution in [2.75, 3.05) is 5.32 Å². The van der Waals surface area contributed by atoms with E-state index in [4.69, 9.17) is 4.98 Å². The van der Waals surface area contributed by atoms with E-state index >= 15 is 0 Å². The van der Waals surface area contributed by atoms with Crippen molar-refractivity contribution in [1.82, 2.24) is 14.4 Å². The average molecular weight is 397 g/mol. The second-order valence-electron chi connectivity index (χ2n) is 7.02.